The summed E-state index contributed by atoms with van der Waals surface area (Å²) < 4.78 is 32.2. The number of aliphatic carboxylic acids is 1. The lowest BCUT2D eigenvalue weighted by molar-refractivity contribution is -0.139. The van der Waals surface area contributed by atoms with Crippen LogP contribution in [0.15, 0.2) is 54.6 Å². The minimum Gasteiger partial charge on any atom is -0.497 e. The average Bonchev–Trinajstić information content (AvgIpc) is 3.53. The number of rotatable bonds is 10. The van der Waals surface area contributed by atoms with Crippen molar-refractivity contribution in [3.63, 3.8) is 0 Å². The van der Waals surface area contributed by atoms with Gasteiger partial charge in [0.1, 0.15) is 29.7 Å². The van der Waals surface area contributed by atoms with Crippen molar-refractivity contribution < 1.29 is 28.5 Å². The zero-order valence-corrected chi connectivity index (χ0v) is 20.7. The van der Waals surface area contributed by atoms with Crippen molar-refractivity contribution in [2.45, 2.75) is 51.0 Å². The Kier molecular flexibility index (Phi) is 6.61. The highest BCUT2D eigenvalue weighted by Gasteiger charge is 2.61. The molecule has 0 saturated heterocycles. The smallest absolute Gasteiger partial charge is 0.307 e. The van der Waals surface area contributed by atoms with Crippen LogP contribution in [0.1, 0.15) is 49.3 Å². The molecule has 2 atom stereocenters. The second kappa shape index (κ2) is 9.84. The molecule has 5 nitrogen and oxygen atoms in total. The number of aryl methyl sites for hydroxylation is 1. The van der Waals surface area contributed by atoms with Crippen LogP contribution in [0.2, 0.25) is 0 Å². The van der Waals surface area contributed by atoms with Crippen LogP contribution in [0.4, 0.5) is 4.39 Å². The van der Waals surface area contributed by atoms with E-state index in [-0.39, 0.29) is 17.2 Å². The zero-order valence-electron chi connectivity index (χ0n) is 20.7. The van der Waals surface area contributed by atoms with Crippen LogP contribution in [0.25, 0.3) is 11.1 Å². The maximum Gasteiger partial charge on any atom is 0.307 e. The zero-order chi connectivity index (χ0) is 25.3. The van der Waals surface area contributed by atoms with Gasteiger partial charge in [-0.25, -0.2) is 4.39 Å². The Morgan fingerprint density at radius 3 is 2.64 bits per heavy atom. The summed E-state index contributed by atoms with van der Waals surface area (Å²) in [5, 5.41) is 9.51. The Morgan fingerprint density at radius 1 is 1.06 bits per heavy atom. The molecule has 188 valence electrons. The number of benzene rings is 3. The van der Waals surface area contributed by atoms with E-state index in [9.17, 15) is 14.3 Å². The van der Waals surface area contributed by atoms with E-state index in [0.29, 0.717) is 42.3 Å². The van der Waals surface area contributed by atoms with Crippen molar-refractivity contribution in [1.82, 2.24) is 0 Å². The SMILES string of the molecule is CCCCOc1cc(COc2ccc3c(c2)[C@]2(CC3)C[C@H]2C(=O)O)ccc1-c1cc(OC)ccc1F. The second-order valence-electron chi connectivity index (χ2n) is 9.74. The van der Waals surface area contributed by atoms with Crippen LogP contribution in [-0.2, 0) is 23.2 Å². The fourth-order valence-corrected chi connectivity index (χ4v) is 5.35. The number of halogens is 1. The third-order valence-electron chi connectivity index (χ3n) is 7.50. The maximum absolute atomic E-state index is 14.7. The van der Waals surface area contributed by atoms with Gasteiger partial charge in [0.15, 0.2) is 0 Å². The number of fused-ring (bicyclic) bond motifs is 2. The van der Waals surface area contributed by atoms with E-state index < -0.39 is 5.97 Å². The third-order valence-corrected chi connectivity index (χ3v) is 7.50. The Hall–Kier alpha value is -3.54. The highest BCUT2D eigenvalue weighted by Crippen LogP contribution is 2.62. The largest absolute Gasteiger partial charge is 0.497 e. The second-order valence-corrected chi connectivity index (χ2v) is 9.74. The van der Waals surface area contributed by atoms with Gasteiger partial charge in [0.05, 0.1) is 19.6 Å². The van der Waals surface area contributed by atoms with E-state index in [1.54, 1.807) is 19.2 Å². The topological polar surface area (TPSA) is 65.0 Å². The molecule has 0 radical (unpaired) electrons. The highest BCUT2D eigenvalue weighted by molar-refractivity contribution is 5.78. The minimum atomic E-state index is -0.711. The van der Waals surface area contributed by atoms with Gasteiger partial charge < -0.3 is 19.3 Å². The first-order chi connectivity index (χ1) is 17.4. The van der Waals surface area contributed by atoms with Crippen LogP contribution < -0.4 is 14.2 Å². The summed E-state index contributed by atoms with van der Waals surface area (Å²) in [6.07, 6.45) is 4.41. The Morgan fingerprint density at radius 2 is 1.89 bits per heavy atom. The summed E-state index contributed by atoms with van der Waals surface area (Å²) in [6.45, 7) is 2.95. The number of unbranched alkanes of at least 4 members (excludes halogenated alkanes) is 1. The molecule has 2 aliphatic rings. The van der Waals surface area contributed by atoms with Gasteiger partial charge in [-0.15, -0.1) is 0 Å². The number of methoxy groups -OCH3 is 1. The Balaban J connectivity index is 1.37. The van der Waals surface area contributed by atoms with E-state index in [1.165, 1.54) is 11.6 Å². The van der Waals surface area contributed by atoms with Gasteiger partial charge in [-0.2, -0.15) is 0 Å². The molecule has 1 spiro atoms. The third kappa shape index (κ3) is 4.52. The van der Waals surface area contributed by atoms with E-state index in [2.05, 4.69) is 13.0 Å². The number of hydrogen-bond acceptors (Lipinski definition) is 4. The molecule has 2 aliphatic carbocycles. The van der Waals surface area contributed by atoms with E-state index in [1.807, 2.05) is 30.3 Å². The van der Waals surface area contributed by atoms with Crippen molar-refractivity contribution in [3.05, 3.63) is 77.1 Å². The van der Waals surface area contributed by atoms with Crippen molar-refractivity contribution in [1.29, 1.82) is 0 Å². The summed E-state index contributed by atoms with van der Waals surface area (Å²) >= 11 is 0. The number of carboxylic acid groups (broad SMARTS) is 1. The number of hydrogen-bond donors (Lipinski definition) is 1. The standard InChI is InChI=1S/C30H31FO5/c1-3-4-13-35-28-14-19(5-9-23(28)24-15-21(34-2)8-10-27(24)31)18-36-22-7-6-20-11-12-30(25(20)16-22)17-26(30)29(32)33/h5-10,14-16,26H,3-4,11-13,17-18H2,1-2H3,(H,32,33)/t26-,30-/m0/s1. The summed E-state index contributed by atoms with van der Waals surface area (Å²) in [4.78, 5) is 11.6. The first kappa shape index (κ1) is 24.2. The van der Waals surface area contributed by atoms with Crippen LogP contribution in [-0.4, -0.2) is 24.8 Å². The van der Waals surface area contributed by atoms with Crippen molar-refractivity contribution in [2.24, 2.45) is 5.92 Å². The van der Waals surface area contributed by atoms with Crippen molar-refractivity contribution in [3.8, 4) is 28.4 Å². The monoisotopic (exact) mass is 490 g/mol. The van der Waals surface area contributed by atoms with Gasteiger partial charge in [-0.3, -0.25) is 4.79 Å². The number of carboxylic acids is 1. The predicted octanol–water partition coefficient (Wildman–Crippen LogP) is 6.55. The van der Waals surface area contributed by atoms with E-state index in [4.69, 9.17) is 14.2 Å². The molecule has 0 amide bonds. The molecule has 36 heavy (non-hydrogen) atoms. The van der Waals surface area contributed by atoms with Gasteiger partial charge in [0.25, 0.3) is 0 Å². The normalized spacial score (nSPS) is 19.7. The molecule has 6 heteroatoms. The van der Waals surface area contributed by atoms with Crippen LogP contribution in [0.3, 0.4) is 0 Å². The molecular formula is C30H31FO5. The molecule has 3 aromatic rings. The molecule has 3 aromatic carbocycles. The molecule has 0 heterocycles. The van der Waals surface area contributed by atoms with E-state index >= 15 is 0 Å². The molecule has 1 fully saturated rings. The molecule has 1 saturated carbocycles. The minimum absolute atomic E-state index is 0.219. The highest BCUT2D eigenvalue weighted by atomic mass is 19.1. The Bertz CT molecular complexity index is 1290. The van der Waals surface area contributed by atoms with Crippen LogP contribution in [0, 0.1) is 11.7 Å². The maximum atomic E-state index is 14.7. The van der Waals surface area contributed by atoms with Crippen molar-refractivity contribution >= 4 is 5.97 Å². The van der Waals surface area contributed by atoms with Gasteiger partial charge in [0, 0.05) is 16.5 Å². The summed E-state index contributed by atoms with van der Waals surface area (Å²) in [5.74, 6) is 0.563. The lowest BCUT2D eigenvalue weighted by Crippen LogP contribution is -2.11. The first-order valence-electron chi connectivity index (χ1n) is 12.5. The molecule has 5 rings (SSSR count). The lowest BCUT2D eigenvalue weighted by Gasteiger charge is -2.16. The van der Waals surface area contributed by atoms with E-state index in [0.717, 1.165) is 42.6 Å². The van der Waals surface area contributed by atoms with Gasteiger partial charge in [-0.1, -0.05) is 31.5 Å². The van der Waals surface area contributed by atoms with Crippen molar-refractivity contribution in [2.75, 3.05) is 13.7 Å². The lowest BCUT2D eigenvalue weighted by atomic mass is 9.95. The Labute approximate surface area is 210 Å². The van der Waals surface area contributed by atoms with Crippen LogP contribution in [0.5, 0.6) is 17.2 Å². The molecule has 0 bridgehead atoms. The predicted molar refractivity (Wildman–Crippen MR) is 135 cm³/mol. The number of carbonyl (C=O) groups is 1. The number of ether oxygens (including phenoxy) is 3. The average molecular weight is 491 g/mol. The summed E-state index contributed by atoms with van der Waals surface area (Å²) in [7, 11) is 1.56. The quantitative estimate of drug-likeness (QED) is 0.327. The fraction of sp³-hybridized carbons (Fsp3) is 0.367. The van der Waals surface area contributed by atoms with Crippen LogP contribution >= 0.6 is 0 Å². The molecule has 1 N–H and O–H groups in total. The molecular weight excluding hydrogens is 459 g/mol. The summed E-state index contributed by atoms with van der Waals surface area (Å²) in [5.41, 5.74) is 4.12. The fourth-order valence-electron chi connectivity index (χ4n) is 5.35. The van der Waals surface area contributed by atoms with Gasteiger partial charge in [0.2, 0.25) is 0 Å². The van der Waals surface area contributed by atoms with Gasteiger partial charge >= 0.3 is 5.97 Å². The molecule has 0 unspecified atom stereocenters. The molecule has 0 aliphatic heterocycles. The van der Waals surface area contributed by atoms with Gasteiger partial charge in [-0.05, 0) is 78.8 Å². The molecule has 0 aromatic heterocycles. The first-order valence-corrected chi connectivity index (χ1v) is 12.5. The summed E-state index contributed by atoms with van der Waals surface area (Å²) in [6, 6.07) is 16.4.